The van der Waals surface area contributed by atoms with Gasteiger partial charge in [-0.3, -0.25) is 14.4 Å². The lowest BCUT2D eigenvalue weighted by molar-refractivity contribution is -0.131. The number of carbonyl (C=O) groups is 3. The molecule has 1 aliphatic heterocycles. The Morgan fingerprint density at radius 3 is 2.38 bits per heavy atom. The third-order valence-electron chi connectivity index (χ3n) is 4.41. The Balaban J connectivity index is 1.99. The van der Waals surface area contributed by atoms with E-state index in [0.29, 0.717) is 6.07 Å². The van der Waals surface area contributed by atoms with Crippen LogP contribution in [0.1, 0.15) is 33.6 Å². The zero-order valence-electron chi connectivity index (χ0n) is 15.0. The highest BCUT2D eigenvalue weighted by atomic mass is 19.1. The number of rotatable bonds is 6. The largest absolute Gasteiger partial charge is 0.352 e. The average Bonchev–Trinajstić information content (AvgIpc) is 2.95. The van der Waals surface area contributed by atoms with Crippen molar-refractivity contribution in [1.82, 2.24) is 10.6 Å². The number of anilines is 1. The molecule has 1 fully saturated rings. The highest BCUT2D eigenvalue weighted by Crippen LogP contribution is 2.26. The molecule has 26 heavy (non-hydrogen) atoms. The van der Waals surface area contributed by atoms with Gasteiger partial charge in [0, 0.05) is 30.8 Å². The molecule has 0 bridgehead atoms. The summed E-state index contributed by atoms with van der Waals surface area (Å²) in [4.78, 5) is 37.7. The van der Waals surface area contributed by atoms with Gasteiger partial charge < -0.3 is 15.5 Å². The van der Waals surface area contributed by atoms with E-state index in [1.807, 2.05) is 13.8 Å². The zero-order chi connectivity index (χ0) is 19.4. The van der Waals surface area contributed by atoms with E-state index in [0.717, 1.165) is 18.6 Å². The second-order valence-corrected chi connectivity index (χ2v) is 6.58. The Morgan fingerprint density at radius 1 is 1.19 bits per heavy atom. The minimum atomic E-state index is -0.795. The predicted molar refractivity (Wildman–Crippen MR) is 92.3 cm³/mol. The van der Waals surface area contributed by atoms with Crippen LogP contribution in [0.3, 0.4) is 0 Å². The first-order valence-electron chi connectivity index (χ1n) is 8.58. The first kappa shape index (κ1) is 19.8. The molecule has 0 saturated carbocycles. The molecule has 8 heteroatoms. The fraction of sp³-hybridized carbons (Fsp3) is 0.500. The van der Waals surface area contributed by atoms with Gasteiger partial charge in [0.2, 0.25) is 17.7 Å². The van der Waals surface area contributed by atoms with Gasteiger partial charge in [-0.2, -0.15) is 0 Å². The van der Waals surface area contributed by atoms with Gasteiger partial charge in [-0.05, 0) is 32.4 Å². The molecule has 0 aliphatic carbocycles. The van der Waals surface area contributed by atoms with Gasteiger partial charge in [-0.15, -0.1) is 0 Å². The Labute approximate surface area is 150 Å². The molecule has 142 valence electrons. The van der Waals surface area contributed by atoms with Crippen molar-refractivity contribution in [3.8, 4) is 0 Å². The Morgan fingerprint density at radius 2 is 1.81 bits per heavy atom. The maximum absolute atomic E-state index is 13.4. The van der Waals surface area contributed by atoms with Crippen molar-refractivity contribution in [1.29, 1.82) is 0 Å². The van der Waals surface area contributed by atoms with Crippen molar-refractivity contribution in [3.63, 3.8) is 0 Å². The molecule has 1 saturated heterocycles. The molecule has 1 aromatic rings. The number of nitrogens with zero attached hydrogens (tertiary/aromatic N) is 1. The van der Waals surface area contributed by atoms with Crippen LogP contribution in [-0.4, -0.2) is 36.3 Å². The quantitative estimate of drug-likeness (QED) is 0.804. The molecule has 3 amide bonds. The Bertz CT molecular complexity index is 691. The molecule has 0 aromatic heterocycles. The fourth-order valence-corrected chi connectivity index (χ4v) is 2.69. The van der Waals surface area contributed by atoms with Crippen molar-refractivity contribution < 1.29 is 23.2 Å². The summed E-state index contributed by atoms with van der Waals surface area (Å²) in [6.45, 7) is 5.36. The molecule has 3 atom stereocenters. The summed E-state index contributed by atoms with van der Waals surface area (Å²) in [7, 11) is 0. The third-order valence-corrected chi connectivity index (χ3v) is 4.41. The van der Waals surface area contributed by atoms with Gasteiger partial charge in [0.15, 0.2) is 0 Å². The van der Waals surface area contributed by atoms with Gasteiger partial charge >= 0.3 is 0 Å². The highest BCUT2D eigenvalue weighted by molar-refractivity contribution is 6.01. The van der Waals surface area contributed by atoms with Crippen molar-refractivity contribution in [2.45, 2.75) is 45.7 Å². The minimum absolute atomic E-state index is 0.00623. The van der Waals surface area contributed by atoms with E-state index in [1.54, 1.807) is 6.92 Å². The van der Waals surface area contributed by atoms with Crippen LogP contribution in [0.5, 0.6) is 0 Å². The Kier molecular flexibility index (Phi) is 6.28. The van der Waals surface area contributed by atoms with Crippen LogP contribution in [0, 0.1) is 17.6 Å². The molecule has 1 aromatic carbocycles. The molecule has 0 spiro atoms. The van der Waals surface area contributed by atoms with Crippen molar-refractivity contribution in [3.05, 3.63) is 29.8 Å². The van der Waals surface area contributed by atoms with Crippen LogP contribution in [0.15, 0.2) is 18.2 Å². The summed E-state index contributed by atoms with van der Waals surface area (Å²) in [5.74, 6) is -3.42. The van der Waals surface area contributed by atoms with Gasteiger partial charge in [-0.25, -0.2) is 8.78 Å². The van der Waals surface area contributed by atoms with E-state index in [-0.39, 0.29) is 30.6 Å². The van der Waals surface area contributed by atoms with E-state index in [4.69, 9.17) is 0 Å². The van der Waals surface area contributed by atoms with Crippen LogP contribution in [0.25, 0.3) is 0 Å². The lowest BCUT2D eigenvalue weighted by atomic mass is 10.1. The molecule has 1 aliphatic rings. The second-order valence-electron chi connectivity index (χ2n) is 6.58. The predicted octanol–water partition coefficient (Wildman–Crippen LogP) is 1.74. The number of nitrogens with one attached hydrogen (secondary N) is 2. The topological polar surface area (TPSA) is 78.5 Å². The number of halogens is 2. The van der Waals surface area contributed by atoms with E-state index in [9.17, 15) is 23.2 Å². The molecular weight excluding hydrogens is 344 g/mol. The van der Waals surface area contributed by atoms with Crippen molar-refractivity contribution >= 4 is 23.4 Å². The highest BCUT2D eigenvalue weighted by Gasteiger charge is 2.36. The van der Waals surface area contributed by atoms with E-state index in [2.05, 4.69) is 10.6 Å². The number of hydrogen-bond donors (Lipinski definition) is 2. The van der Waals surface area contributed by atoms with Crippen molar-refractivity contribution in [2.24, 2.45) is 5.92 Å². The summed E-state index contributed by atoms with van der Waals surface area (Å²) < 4.78 is 26.7. The van der Waals surface area contributed by atoms with Crippen LogP contribution in [0.4, 0.5) is 14.5 Å². The van der Waals surface area contributed by atoms with E-state index in [1.165, 1.54) is 4.90 Å². The van der Waals surface area contributed by atoms with Crippen LogP contribution >= 0.6 is 0 Å². The second kappa shape index (κ2) is 8.25. The number of amides is 3. The minimum Gasteiger partial charge on any atom is -0.352 e. The van der Waals surface area contributed by atoms with Crippen LogP contribution < -0.4 is 15.5 Å². The number of carbonyl (C=O) groups excluding carboxylic acids is 3. The van der Waals surface area contributed by atoms with Crippen LogP contribution in [-0.2, 0) is 14.4 Å². The summed E-state index contributed by atoms with van der Waals surface area (Å²) in [6, 6.07) is 2.05. The number of hydrogen-bond acceptors (Lipinski definition) is 3. The fourth-order valence-electron chi connectivity index (χ4n) is 2.69. The SMILES string of the molecule is CCC(C)NC(=O)C(C)NC(=O)C1CC(=O)N(c2cc(F)cc(F)c2)C1. The van der Waals surface area contributed by atoms with Gasteiger partial charge in [0.25, 0.3) is 0 Å². The van der Waals surface area contributed by atoms with Gasteiger partial charge in [0.05, 0.1) is 5.92 Å². The van der Waals surface area contributed by atoms with E-state index >= 15 is 0 Å². The maximum atomic E-state index is 13.4. The van der Waals surface area contributed by atoms with Crippen molar-refractivity contribution in [2.75, 3.05) is 11.4 Å². The molecular formula is C18H23F2N3O3. The molecule has 6 nitrogen and oxygen atoms in total. The van der Waals surface area contributed by atoms with E-state index < -0.39 is 35.4 Å². The monoisotopic (exact) mass is 367 g/mol. The molecule has 0 radical (unpaired) electrons. The lowest BCUT2D eigenvalue weighted by Gasteiger charge is -2.20. The standard InChI is InChI=1S/C18H23F2N3O3/c1-4-10(2)21-17(25)11(3)22-18(26)12-5-16(24)23(9-12)15-7-13(19)6-14(20)8-15/h6-8,10-12H,4-5,9H2,1-3H3,(H,21,25)(H,22,26). The van der Waals surface area contributed by atoms with Gasteiger partial charge in [0.1, 0.15) is 17.7 Å². The molecule has 1 heterocycles. The summed E-state index contributed by atoms with van der Waals surface area (Å²) in [6.07, 6.45) is 0.687. The first-order valence-corrected chi connectivity index (χ1v) is 8.58. The average molecular weight is 367 g/mol. The normalized spacial score (nSPS) is 19.2. The summed E-state index contributed by atoms with van der Waals surface area (Å²) >= 11 is 0. The number of benzene rings is 1. The maximum Gasteiger partial charge on any atom is 0.242 e. The third kappa shape index (κ3) is 4.77. The smallest absolute Gasteiger partial charge is 0.242 e. The molecule has 3 unspecified atom stereocenters. The Hall–Kier alpha value is -2.51. The van der Waals surface area contributed by atoms with Crippen LogP contribution in [0.2, 0.25) is 0 Å². The summed E-state index contributed by atoms with van der Waals surface area (Å²) in [5, 5.41) is 5.36. The first-order chi connectivity index (χ1) is 12.2. The summed E-state index contributed by atoms with van der Waals surface area (Å²) in [5.41, 5.74) is 0.0744. The lowest BCUT2D eigenvalue weighted by Crippen LogP contribution is -2.49. The zero-order valence-corrected chi connectivity index (χ0v) is 15.0. The molecule has 2 rings (SSSR count). The molecule has 2 N–H and O–H groups in total. The van der Waals surface area contributed by atoms with Gasteiger partial charge in [-0.1, -0.05) is 6.92 Å².